The van der Waals surface area contributed by atoms with Crippen molar-refractivity contribution in [1.82, 2.24) is 5.32 Å². The Labute approximate surface area is 67.7 Å². The van der Waals surface area contributed by atoms with E-state index < -0.39 is 0 Å². The molecular formula is C8H17N2O+. The van der Waals surface area contributed by atoms with Gasteiger partial charge in [-0.15, -0.1) is 0 Å². The maximum atomic E-state index is 9.30. The van der Waals surface area contributed by atoms with Gasteiger partial charge < -0.3 is 5.11 Å². The zero-order chi connectivity index (χ0) is 8.27. The summed E-state index contributed by atoms with van der Waals surface area (Å²) in [4.78, 5) is 0. The lowest BCUT2D eigenvalue weighted by Gasteiger charge is -2.18. The number of hydrogen-bond acceptors (Lipinski definition) is 0. The molecule has 0 amide bonds. The first-order valence-electron chi connectivity index (χ1n) is 4.22. The van der Waals surface area contributed by atoms with E-state index in [1.807, 2.05) is 4.58 Å². The largest absolute Gasteiger partial charge is 0.447 e. The molecule has 1 heterocycles. The molecule has 1 rings (SSSR count). The zero-order valence-electron chi connectivity index (χ0n) is 7.30. The number of hydrogen-bond donors (Lipinski definition) is 2. The predicted molar refractivity (Wildman–Crippen MR) is 45.1 cm³/mol. The average Bonchev–Trinajstić information content (AvgIpc) is 2.05. The van der Waals surface area contributed by atoms with Gasteiger partial charge in [-0.2, -0.15) is 0 Å². The molecule has 1 saturated heterocycles. The Morgan fingerprint density at radius 2 is 2.00 bits per heavy atom. The summed E-state index contributed by atoms with van der Waals surface area (Å²) < 4.78 is 1.99. The summed E-state index contributed by atoms with van der Waals surface area (Å²) in [5.74, 6) is 0.816. The molecule has 0 radical (unpaired) electrons. The van der Waals surface area contributed by atoms with Gasteiger partial charge in [0.2, 0.25) is 0 Å². The van der Waals surface area contributed by atoms with E-state index in [0.29, 0.717) is 6.02 Å². The lowest BCUT2D eigenvalue weighted by molar-refractivity contribution is -0.549. The minimum Gasteiger partial charge on any atom is -0.447 e. The van der Waals surface area contributed by atoms with Crippen LogP contribution in [0.4, 0.5) is 0 Å². The minimum absolute atomic E-state index is 0.317. The van der Waals surface area contributed by atoms with Crippen LogP contribution in [0.25, 0.3) is 0 Å². The third-order valence-corrected chi connectivity index (χ3v) is 2.31. The molecule has 0 aliphatic carbocycles. The Hall–Kier alpha value is -0.730. The standard InChI is InChI=1S/C8H16N2O/c1-7-3-5-10(6-4-7)8(11)9-2/h7H,3-6H2,1-2H3,(H,9,11)/p+1. The number of nitrogens with one attached hydrogen (secondary N) is 1. The van der Waals surface area contributed by atoms with Crippen molar-refractivity contribution in [2.75, 3.05) is 20.1 Å². The van der Waals surface area contributed by atoms with Gasteiger partial charge in [-0.25, -0.2) is 9.89 Å². The van der Waals surface area contributed by atoms with Crippen LogP contribution in [-0.2, 0) is 0 Å². The van der Waals surface area contributed by atoms with Crippen LogP contribution < -0.4 is 5.32 Å². The van der Waals surface area contributed by atoms with Crippen molar-refractivity contribution in [3.05, 3.63) is 0 Å². The summed E-state index contributed by atoms with van der Waals surface area (Å²) in [6.45, 7) is 4.22. The lowest BCUT2D eigenvalue weighted by Crippen LogP contribution is -2.36. The smallest absolute Gasteiger partial charge is 0.441 e. The van der Waals surface area contributed by atoms with Crippen molar-refractivity contribution in [3.63, 3.8) is 0 Å². The van der Waals surface area contributed by atoms with Gasteiger partial charge in [-0.3, -0.25) is 0 Å². The fraction of sp³-hybridized carbons (Fsp3) is 0.875. The van der Waals surface area contributed by atoms with Crippen LogP contribution in [0.15, 0.2) is 0 Å². The van der Waals surface area contributed by atoms with Crippen LogP contribution in [0.5, 0.6) is 0 Å². The predicted octanol–water partition coefficient (Wildman–Crippen LogP) is 0.562. The van der Waals surface area contributed by atoms with E-state index in [-0.39, 0.29) is 0 Å². The molecule has 0 aromatic heterocycles. The van der Waals surface area contributed by atoms with Crippen LogP contribution >= 0.6 is 0 Å². The summed E-state index contributed by atoms with van der Waals surface area (Å²) in [6, 6.07) is 0.317. The fourth-order valence-electron chi connectivity index (χ4n) is 1.38. The van der Waals surface area contributed by atoms with Crippen molar-refractivity contribution in [2.45, 2.75) is 19.8 Å². The lowest BCUT2D eigenvalue weighted by atomic mass is 10.0. The maximum absolute atomic E-state index is 9.30. The third kappa shape index (κ3) is 2.10. The van der Waals surface area contributed by atoms with Crippen molar-refractivity contribution < 1.29 is 9.68 Å². The van der Waals surface area contributed by atoms with Crippen LogP contribution in [0.2, 0.25) is 0 Å². The van der Waals surface area contributed by atoms with E-state index >= 15 is 0 Å². The molecule has 0 aromatic carbocycles. The highest BCUT2D eigenvalue weighted by Crippen LogP contribution is 2.12. The minimum atomic E-state index is 0.317. The average molecular weight is 157 g/mol. The van der Waals surface area contributed by atoms with E-state index in [1.165, 1.54) is 12.8 Å². The summed E-state index contributed by atoms with van der Waals surface area (Å²) in [6.07, 6.45) is 2.37. The fourth-order valence-corrected chi connectivity index (χ4v) is 1.38. The van der Waals surface area contributed by atoms with E-state index in [2.05, 4.69) is 12.2 Å². The molecule has 64 valence electrons. The first kappa shape index (κ1) is 8.37. The second kappa shape index (κ2) is 3.60. The van der Waals surface area contributed by atoms with Gasteiger partial charge in [-0.1, -0.05) is 6.92 Å². The second-order valence-corrected chi connectivity index (χ2v) is 3.24. The number of aliphatic hydroxyl groups is 1. The quantitative estimate of drug-likeness (QED) is 0.398. The molecule has 0 unspecified atom stereocenters. The van der Waals surface area contributed by atoms with E-state index in [1.54, 1.807) is 7.05 Å². The first-order valence-corrected chi connectivity index (χ1v) is 4.22. The number of nitrogens with zero attached hydrogens (tertiary/aromatic N) is 1. The highest BCUT2D eigenvalue weighted by Gasteiger charge is 2.17. The first-order chi connectivity index (χ1) is 5.24. The van der Waals surface area contributed by atoms with E-state index in [9.17, 15) is 5.11 Å². The number of amidine groups is 1. The number of aliphatic hydroxyl groups excluding tert-OH is 1. The topological polar surface area (TPSA) is 35.3 Å². The van der Waals surface area contributed by atoms with Crippen molar-refractivity contribution in [2.24, 2.45) is 5.92 Å². The Morgan fingerprint density at radius 3 is 2.45 bits per heavy atom. The van der Waals surface area contributed by atoms with Gasteiger partial charge in [0, 0.05) is 0 Å². The molecule has 11 heavy (non-hydrogen) atoms. The van der Waals surface area contributed by atoms with Gasteiger partial charge in [0.1, 0.15) is 0 Å². The molecular weight excluding hydrogens is 140 g/mol. The molecule has 0 spiro atoms. The maximum Gasteiger partial charge on any atom is 0.441 e. The van der Waals surface area contributed by atoms with Crippen LogP contribution in [0.1, 0.15) is 19.8 Å². The Balaban J connectivity index is 2.50. The van der Waals surface area contributed by atoms with Crippen molar-refractivity contribution in [1.29, 1.82) is 0 Å². The molecule has 2 N–H and O–H groups in total. The molecule has 3 nitrogen and oxygen atoms in total. The summed E-state index contributed by atoms with van der Waals surface area (Å²) >= 11 is 0. The van der Waals surface area contributed by atoms with Crippen molar-refractivity contribution >= 4 is 6.02 Å². The van der Waals surface area contributed by atoms with Crippen molar-refractivity contribution in [3.8, 4) is 0 Å². The molecule has 0 bridgehead atoms. The highest BCUT2D eigenvalue weighted by atomic mass is 16.3. The Morgan fingerprint density at radius 1 is 1.45 bits per heavy atom. The molecule has 3 heteroatoms. The molecule has 0 aromatic rings. The van der Waals surface area contributed by atoms with E-state index in [0.717, 1.165) is 19.0 Å². The SMILES string of the molecule is CNC(O)=[N+]1CCC(C)CC1. The summed E-state index contributed by atoms with van der Waals surface area (Å²) in [5, 5.41) is 12.0. The van der Waals surface area contributed by atoms with Crippen LogP contribution in [0.3, 0.4) is 0 Å². The number of rotatable bonds is 0. The molecule has 1 fully saturated rings. The number of piperidine rings is 1. The summed E-state index contributed by atoms with van der Waals surface area (Å²) in [5.41, 5.74) is 0. The third-order valence-electron chi connectivity index (χ3n) is 2.31. The van der Waals surface area contributed by atoms with Gasteiger partial charge in [0.25, 0.3) is 0 Å². The molecule has 1 aliphatic rings. The van der Waals surface area contributed by atoms with Crippen LogP contribution in [-0.4, -0.2) is 35.8 Å². The van der Waals surface area contributed by atoms with Gasteiger partial charge in [-0.05, 0) is 18.8 Å². The second-order valence-electron chi connectivity index (χ2n) is 3.24. The van der Waals surface area contributed by atoms with Crippen LogP contribution in [0, 0.1) is 5.92 Å². The van der Waals surface area contributed by atoms with E-state index in [4.69, 9.17) is 0 Å². The van der Waals surface area contributed by atoms with Gasteiger partial charge >= 0.3 is 6.02 Å². The zero-order valence-corrected chi connectivity index (χ0v) is 7.30. The summed E-state index contributed by atoms with van der Waals surface area (Å²) in [7, 11) is 1.74. The molecule has 0 saturated carbocycles. The molecule has 1 aliphatic heterocycles. The monoisotopic (exact) mass is 157 g/mol. The Kier molecular flexibility index (Phi) is 2.74. The normalized spacial score (nSPS) is 24.9. The molecule has 0 atom stereocenters. The highest BCUT2D eigenvalue weighted by molar-refractivity contribution is 5.64. The van der Waals surface area contributed by atoms with Gasteiger partial charge in [0.15, 0.2) is 0 Å². The van der Waals surface area contributed by atoms with Gasteiger partial charge in [0.05, 0.1) is 20.1 Å². The Bertz CT molecular complexity index is 155.